The van der Waals surface area contributed by atoms with Crippen molar-refractivity contribution in [3.63, 3.8) is 0 Å². The standard InChI is InChI=1S/C24H25ClN6O4/c1-13(2)15-9-26-31(11-15)20(17-7-5-6-8-18(17)25)14(3)22-29-19(21(32)24(34)30(22)4)23(33)28-16-10-27-35-12-16/h5-14,20,32H,1-4H3,(H,28,33)/t14-,20-/m0/s1. The zero-order chi connectivity index (χ0) is 25.3. The van der Waals surface area contributed by atoms with Crippen LogP contribution in [0, 0.1) is 0 Å². The molecule has 0 saturated carbocycles. The molecule has 0 bridgehead atoms. The average molecular weight is 497 g/mol. The number of hydrogen-bond acceptors (Lipinski definition) is 7. The molecule has 2 N–H and O–H groups in total. The van der Waals surface area contributed by atoms with Gasteiger partial charge in [0.25, 0.3) is 11.5 Å². The Morgan fingerprint density at radius 3 is 2.57 bits per heavy atom. The summed E-state index contributed by atoms with van der Waals surface area (Å²) in [5, 5.41) is 21.6. The first-order valence-electron chi connectivity index (χ1n) is 11.0. The summed E-state index contributed by atoms with van der Waals surface area (Å²) in [5.41, 5.74) is 0.919. The van der Waals surface area contributed by atoms with E-state index in [1.54, 1.807) is 16.9 Å². The second kappa shape index (κ2) is 9.75. The fraction of sp³-hybridized carbons (Fsp3) is 0.292. The second-order valence-electron chi connectivity index (χ2n) is 8.56. The zero-order valence-corrected chi connectivity index (χ0v) is 20.4. The Balaban J connectivity index is 1.84. The number of benzene rings is 1. The number of aromatic hydroxyl groups is 1. The molecule has 3 aromatic heterocycles. The highest BCUT2D eigenvalue weighted by molar-refractivity contribution is 6.31. The molecule has 0 spiro atoms. The van der Waals surface area contributed by atoms with Crippen molar-refractivity contribution in [2.45, 2.75) is 38.6 Å². The molecule has 0 saturated heterocycles. The molecule has 4 aromatic rings. The van der Waals surface area contributed by atoms with Gasteiger partial charge in [0, 0.05) is 24.2 Å². The molecular formula is C24H25ClN6O4. The number of nitrogens with one attached hydrogen (secondary N) is 1. The minimum absolute atomic E-state index is 0.259. The van der Waals surface area contributed by atoms with E-state index in [-0.39, 0.29) is 17.4 Å². The molecular weight excluding hydrogens is 472 g/mol. The molecule has 2 atom stereocenters. The summed E-state index contributed by atoms with van der Waals surface area (Å²) in [5.74, 6) is -1.47. The number of carbonyl (C=O) groups is 1. The normalized spacial score (nSPS) is 13.1. The van der Waals surface area contributed by atoms with Crippen LogP contribution >= 0.6 is 11.6 Å². The Morgan fingerprint density at radius 1 is 1.20 bits per heavy atom. The van der Waals surface area contributed by atoms with E-state index in [4.69, 9.17) is 16.1 Å². The van der Waals surface area contributed by atoms with E-state index >= 15 is 0 Å². The van der Waals surface area contributed by atoms with Gasteiger partial charge >= 0.3 is 0 Å². The summed E-state index contributed by atoms with van der Waals surface area (Å²) in [4.78, 5) is 30.1. The maximum Gasteiger partial charge on any atom is 0.296 e. The summed E-state index contributed by atoms with van der Waals surface area (Å²) < 4.78 is 7.73. The average Bonchev–Trinajstić information content (AvgIpc) is 3.51. The lowest BCUT2D eigenvalue weighted by Crippen LogP contribution is -2.30. The van der Waals surface area contributed by atoms with Crippen molar-refractivity contribution < 1.29 is 14.4 Å². The predicted octanol–water partition coefficient (Wildman–Crippen LogP) is 4.09. The van der Waals surface area contributed by atoms with Crippen molar-refractivity contribution in [2.24, 2.45) is 7.05 Å². The third kappa shape index (κ3) is 4.69. The molecule has 0 aliphatic rings. The lowest BCUT2D eigenvalue weighted by atomic mass is 9.93. The molecule has 11 heteroatoms. The molecule has 0 fully saturated rings. The molecule has 0 aliphatic heterocycles. The maximum absolute atomic E-state index is 12.9. The molecule has 35 heavy (non-hydrogen) atoms. The van der Waals surface area contributed by atoms with Gasteiger partial charge in [0.05, 0.1) is 18.4 Å². The van der Waals surface area contributed by atoms with Gasteiger partial charge in [-0.1, -0.05) is 55.7 Å². The van der Waals surface area contributed by atoms with Gasteiger partial charge in [-0.2, -0.15) is 5.10 Å². The van der Waals surface area contributed by atoms with Crippen LogP contribution in [0.2, 0.25) is 5.02 Å². The van der Waals surface area contributed by atoms with Gasteiger partial charge < -0.3 is 14.9 Å². The molecule has 0 unspecified atom stereocenters. The van der Waals surface area contributed by atoms with Crippen molar-refractivity contribution in [1.29, 1.82) is 0 Å². The number of anilines is 1. The lowest BCUT2D eigenvalue weighted by Gasteiger charge is -2.27. The number of amides is 1. The van der Waals surface area contributed by atoms with E-state index in [9.17, 15) is 14.7 Å². The van der Waals surface area contributed by atoms with Crippen molar-refractivity contribution in [1.82, 2.24) is 24.5 Å². The van der Waals surface area contributed by atoms with Gasteiger partial charge in [-0.05, 0) is 23.1 Å². The minimum atomic E-state index is -0.771. The molecule has 0 radical (unpaired) electrons. The first-order valence-corrected chi connectivity index (χ1v) is 11.4. The van der Waals surface area contributed by atoms with Crippen LogP contribution in [0.3, 0.4) is 0 Å². The zero-order valence-electron chi connectivity index (χ0n) is 19.6. The number of halogens is 1. The highest BCUT2D eigenvalue weighted by Crippen LogP contribution is 2.37. The Kier molecular flexibility index (Phi) is 6.74. The molecule has 1 aromatic carbocycles. The Labute approximate surface area is 206 Å². The van der Waals surface area contributed by atoms with Gasteiger partial charge in [-0.3, -0.25) is 18.8 Å². The van der Waals surface area contributed by atoms with Crippen LogP contribution in [0.25, 0.3) is 0 Å². The molecule has 0 aliphatic carbocycles. The molecule has 3 heterocycles. The quantitative estimate of drug-likeness (QED) is 0.394. The molecule has 4 rings (SSSR count). The first kappa shape index (κ1) is 24.2. The van der Waals surface area contributed by atoms with Crippen LogP contribution in [0.1, 0.15) is 66.1 Å². The van der Waals surface area contributed by atoms with E-state index in [2.05, 4.69) is 34.4 Å². The van der Waals surface area contributed by atoms with Crippen molar-refractivity contribution in [2.75, 3.05) is 5.32 Å². The molecule has 1 amide bonds. The maximum atomic E-state index is 12.9. The van der Waals surface area contributed by atoms with E-state index in [0.717, 1.165) is 11.1 Å². The fourth-order valence-electron chi connectivity index (χ4n) is 3.93. The van der Waals surface area contributed by atoms with E-state index in [1.165, 1.54) is 24.1 Å². The number of hydrogen-bond donors (Lipinski definition) is 2. The van der Waals surface area contributed by atoms with Crippen molar-refractivity contribution in [3.05, 3.63) is 87.1 Å². The van der Waals surface area contributed by atoms with Crippen LogP contribution in [0.4, 0.5) is 5.69 Å². The smallest absolute Gasteiger partial charge is 0.296 e. The number of rotatable bonds is 7. The van der Waals surface area contributed by atoms with Crippen LogP contribution in [0.15, 0.2) is 58.4 Å². The molecule has 10 nitrogen and oxygen atoms in total. The highest BCUT2D eigenvalue weighted by Gasteiger charge is 2.31. The monoisotopic (exact) mass is 496 g/mol. The Morgan fingerprint density at radius 2 is 1.94 bits per heavy atom. The summed E-state index contributed by atoms with van der Waals surface area (Å²) in [6, 6.07) is 6.92. The summed E-state index contributed by atoms with van der Waals surface area (Å²) in [7, 11) is 1.49. The van der Waals surface area contributed by atoms with E-state index in [0.29, 0.717) is 5.02 Å². The van der Waals surface area contributed by atoms with Gasteiger partial charge in [0.1, 0.15) is 17.8 Å². The van der Waals surface area contributed by atoms with Gasteiger partial charge in [-0.25, -0.2) is 4.98 Å². The number of carbonyl (C=O) groups excluding carboxylic acids is 1. The summed E-state index contributed by atoms with van der Waals surface area (Å²) in [6.45, 7) is 6.01. The van der Waals surface area contributed by atoms with E-state index in [1.807, 2.05) is 31.3 Å². The predicted molar refractivity (Wildman–Crippen MR) is 130 cm³/mol. The largest absolute Gasteiger partial charge is 0.501 e. The third-order valence-electron chi connectivity index (χ3n) is 5.88. The second-order valence-corrected chi connectivity index (χ2v) is 8.97. The van der Waals surface area contributed by atoms with Crippen molar-refractivity contribution >= 4 is 23.2 Å². The highest BCUT2D eigenvalue weighted by atomic mass is 35.5. The van der Waals surface area contributed by atoms with Crippen LogP contribution in [0.5, 0.6) is 5.75 Å². The van der Waals surface area contributed by atoms with Crippen LogP contribution in [-0.2, 0) is 7.05 Å². The minimum Gasteiger partial charge on any atom is -0.501 e. The van der Waals surface area contributed by atoms with Crippen molar-refractivity contribution in [3.8, 4) is 5.75 Å². The number of aromatic nitrogens is 5. The summed E-state index contributed by atoms with van der Waals surface area (Å²) in [6.07, 6.45) is 6.24. The Hall–Kier alpha value is -3.92. The topological polar surface area (TPSA) is 128 Å². The Bertz CT molecular complexity index is 1410. The molecule has 182 valence electrons. The third-order valence-corrected chi connectivity index (χ3v) is 6.23. The summed E-state index contributed by atoms with van der Waals surface area (Å²) >= 11 is 6.58. The van der Waals surface area contributed by atoms with Crippen LogP contribution < -0.4 is 10.9 Å². The van der Waals surface area contributed by atoms with Gasteiger partial charge in [0.2, 0.25) is 5.75 Å². The number of nitrogens with zero attached hydrogens (tertiary/aromatic N) is 5. The van der Waals surface area contributed by atoms with Crippen LogP contribution in [-0.4, -0.2) is 35.5 Å². The lowest BCUT2D eigenvalue weighted by molar-refractivity contribution is 0.101. The van der Waals surface area contributed by atoms with E-state index < -0.39 is 34.9 Å². The first-order chi connectivity index (χ1) is 16.7. The SMILES string of the molecule is CC(C)c1cnn([C@H](c2ccccc2Cl)[C@H](C)c2nc(C(=O)Nc3cnoc3)c(O)c(=O)n2C)c1. The fourth-order valence-corrected chi connectivity index (χ4v) is 4.18. The van der Waals surface area contributed by atoms with Gasteiger partial charge in [-0.15, -0.1) is 0 Å². The van der Waals surface area contributed by atoms with Gasteiger partial charge in [0.15, 0.2) is 5.69 Å².